The highest BCUT2D eigenvalue weighted by Crippen LogP contribution is 2.07. The van der Waals surface area contributed by atoms with E-state index in [0.29, 0.717) is 12.4 Å². The van der Waals surface area contributed by atoms with Crippen LogP contribution in [0, 0.1) is 13.8 Å². The van der Waals surface area contributed by atoms with Crippen molar-refractivity contribution in [1.82, 2.24) is 15.6 Å². The largest absolute Gasteiger partial charge is 0.444 e. The van der Waals surface area contributed by atoms with Crippen LogP contribution in [-0.2, 0) is 11.3 Å². The minimum Gasteiger partial charge on any atom is -0.444 e. The second-order valence-electron chi connectivity index (χ2n) is 5.15. The molecule has 0 radical (unpaired) electrons. The molecular weight excluding hydrogens is 218 g/mol. The lowest BCUT2D eigenvalue weighted by Crippen LogP contribution is -2.44. The zero-order chi connectivity index (χ0) is 13.1. The molecule has 0 atom stereocenters. The number of oxazole rings is 1. The fraction of sp³-hybridized carbons (Fsp3) is 0.667. The second-order valence-corrected chi connectivity index (χ2v) is 5.15. The van der Waals surface area contributed by atoms with E-state index in [1.165, 1.54) is 0 Å². The standard InChI is InChI=1S/C12H21N3O2/c1-8-9(2)17-11(14-8)7-13-6-10(16)15-12(3,4)5/h13H,6-7H2,1-5H3,(H,15,16). The van der Waals surface area contributed by atoms with Crippen molar-refractivity contribution in [2.75, 3.05) is 6.54 Å². The SMILES string of the molecule is Cc1nc(CNCC(=O)NC(C)(C)C)oc1C. The number of aromatic nitrogens is 1. The normalized spacial score (nSPS) is 11.6. The van der Waals surface area contributed by atoms with E-state index in [0.717, 1.165) is 11.5 Å². The highest BCUT2D eigenvalue weighted by Gasteiger charge is 2.13. The van der Waals surface area contributed by atoms with E-state index < -0.39 is 0 Å². The topological polar surface area (TPSA) is 67.2 Å². The number of carbonyl (C=O) groups excluding carboxylic acids is 1. The van der Waals surface area contributed by atoms with Crippen molar-refractivity contribution in [2.24, 2.45) is 0 Å². The van der Waals surface area contributed by atoms with Crippen LogP contribution in [0.1, 0.15) is 38.1 Å². The molecule has 0 spiro atoms. The molecule has 5 heteroatoms. The van der Waals surface area contributed by atoms with E-state index in [1.54, 1.807) is 0 Å². The number of hydrogen-bond acceptors (Lipinski definition) is 4. The van der Waals surface area contributed by atoms with Gasteiger partial charge in [-0.15, -0.1) is 0 Å². The molecule has 17 heavy (non-hydrogen) atoms. The number of nitrogens with one attached hydrogen (secondary N) is 2. The summed E-state index contributed by atoms with van der Waals surface area (Å²) < 4.78 is 5.39. The monoisotopic (exact) mass is 239 g/mol. The summed E-state index contributed by atoms with van der Waals surface area (Å²) in [5.41, 5.74) is 0.690. The average molecular weight is 239 g/mol. The van der Waals surface area contributed by atoms with E-state index in [2.05, 4.69) is 15.6 Å². The van der Waals surface area contributed by atoms with Crippen LogP contribution in [0.5, 0.6) is 0 Å². The van der Waals surface area contributed by atoms with Crippen LogP contribution < -0.4 is 10.6 Å². The van der Waals surface area contributed by atoms with Crippen molar-refractivity contribution < 1.29 is 9.21 Å². The Morgan fingerprint density at radius 3 is 2.47 bits per heavy atom. The van der Waals surface area contributed by atoms with Gasteiger partial charge in [0.05, 0.1) is 18.8 Å². The lowest BCUT2D eigenvalue weighted by atomic mass is 10.1. The van der Waals surface area contributed by atoms with Gasteiger partial charge < -0.3 is 9.73 Å². The van der Waals surface area contributed by atoms with Gasteiger partial charge in [0.2, 0.25) is 11.8 Å². The van der Waals surface area contributed by atoms with E-state index in [9.17, 15) is 4.79 Å². The Bertz CT molecular complexity index is 371. The van der Waals surface area contributed by atoms with Crippen LogP contribution in [0.2, 0.25) is 0 Å². The van der Waals surface area contributed by atoms with E-state index in [1.807, 2.05) is 34.6 Å². The molecule has 0 saturated carbocycles. The fourth-order valence-electron chi connectivity index (χ4n) is 1.36. The number of amides is 1. The number of nitrogens with zero attached hydrogens (tertiary/aromatic N) is 1. The Hall–Kier alpha value is -1.36. The molecule has 0 aromatic carbocycles. The number of carbonyl (C=O) groups is 1. The van der Waals surface area contributed by atoms with Crippen LogP contribution in [0.15, 0.2) is 4.42 Å². The maximum Gasteiger partial charge on any atom is 0.234 e. The van der Waals surface area contributed by atoms with Crippen molar-refractivity contribution in [2.45, 2.75) is 46.7 Å². The van der Waals surface area contributed by atoms with Crippen LogP contribution in [0.3, 0.4) is 0 Å². The predicted octanol–water partition coefficient (Wildman–Crippen LogP) is 1.30. The Morgan fingerprint density at radius 2 is 2.00 bits per heavy atom. The summed E-state index contributed by atoms with van der Waals surface area (Å²) in [6.45, 7) is 10.3. The fourth-order valence-corrected chi connectivity index (χ4v) is 1.36. The summed E-state index contributed by atoms with van der Waals surface area (Å²) in [5, 5.41) is 5.87. The molecule has 0 aliphatic rings. The maximum atomic E-state index is 11.5. The zero-order valence-electron chi connectivity index (χ0n) is 11.2. The van der Waals surface area contributed by atoms with Crippen LogP contribution in [0.25, 0.3) is 0 Å². The lowest BCUT2D eigenvalue weighted by molar-refractivity contribution is -0.121. The lowest BCUT2D eigenvalue weighted by Gasteiger charge is -2.20. The quantitative estimate of drug-likeness (QED) is 0.831. The Labute approximate surface area is 102 Å². The van der Waals surface area contributed by atoms with Crippen molar-refractivity contribution in [3.05, 3.63) is 17.3 Å². The summed E-state index contributed by atoms with van der Waals surface area (Å²) in [5.74, 6) is 1.40. The highest BCUT2D eigenvalue weighted by atomic mass is 16.4. The van der Waals surface area contributed by atoms with Crippen molar-refractivity contribution in [3.8, 4) is 0 Å². The van der Waals surface area contributed by atoms with Gasteiger partial charge in [-0.3, -0.25) is 10.1 Å². The van der Waals surface area contributed by atoms with Gasteiger partial charge >= 0.3 is 0 Å². The third-order valence-corrected chi connectivity index (χ3v) is 2.15. The molecule has 0 aliphatic carbocycles. The molecule has 1 rings (SSSR count). The first-order valence-electron chi connectivity index (χ1n) is 5.72. The molecule has 1 aromatic heterocycles. The van der Waals surface area contributed by atoms with Crippen LogP contribution in [0.4, 0.5) is 0 Å². The van der Waals surface area contributed by atoms with E-state index >= 15 is 0 Å². The van der Waals surface area contributed by atoms with Gasteiger partial charge in [0.15, 0.2) is 0 Å². The molecule has 1 heterocycles. The molecule has 1 amide bonds. The Kier molecular flexibility index (Phi) is 4.28. The van der Waals surface area contributed by atoms with Gasteiger partial charge in [-0.05, 0) is 34.6 Å². The molecule has 0 bridgehead atoms. The zero-order valence-corrected chi connectivity index (χ0v) is 11.2. The minimum absolute atomic E-state index is 0.0301. The van der Waals surface area contributed by atoms with Crippen molar-refractivity contribution in [3.63, 3.8) is 0 Å². The van der Waals surface area contributed by atoms with E-state index in [-0.39, 0.29) is 18.0 Å². The summed E-state index contributed by atoms with van der Waals surface area (Å²) in [6, 6.07) is 0. The average Bonchev–Trinajstić information content (AvgIpc) is 2.43. The first kappa shape index (κ1) is 13.7. The van der Waals surface area contributed by atoms with Gasteiger partial charge in [0.25, 0.3) is 0 Å². The van der Waals surface area contributed by atoms with Crippen LogP contribution >= 0.6 is 0 Å². The summed E-state index contributed by atoms with van der Waals surface area (Å²) in [7, 11) is 0. The third kappa shape index (κ3) is 4.99. The molecule has 96 valence electrons. The van der Waals surface area contributed by atoms with Gasteiger partial charge in [0.1, 0.15) is 5.76 Å². The smallest absolute Gasteiger partial charge is 0.234 e. The number of aryl methyl sites for hydroxylation is 2. The third-order valence-electron chi connectivity index (χ3n) is 2.15. The summed E-state index contributed by atoms with van der Waals surface area (Å²) in [6.07, 6.45) is 0. The Balaban J connectivity index is 2.31. The highest BCUT2D eigenvalue weighted by molar-refractivity contribution is 5.78. The summed E-state index contributed by atoms with van der Waals surface area (Å²) >= 11 is 0. The molecule has 0 fully saturated rings. The first-order valence-corrected chi connectivity index (χ1v) is 5.72. The van der Waals surface area contributed by atoms with Gasteiger partial charge in [0, 0.05) is 5.54 Å². The van der Waals surface area contributed by atoms with Gasteiger partial charge in [-0.2, -0.15) is 0 Å². The molecule has 1 aromatic rings. The second kappa shape index (κ2) is 5.31. The molecule has 0 unspecified atom stereocenters. The molecule has 5 nitrogen and oxygen atoms in total. The van der Waals surface area contributed by atoms with Crippen molar-refractivity contribution >= 4 is 5.91 Å². The van der Waals surface area contributed by atoms with Crippen LogP contribution in [-0.4, -0.2) is 23.0 Å². The molecular formula is C12H21N3O2. The number of rotatable bonds is 4. The number of hydrogen-bond donors (Lipinski definition) is 2. The summed E-state index contributed by atoms with van der Waals surface area (Å²) in [4.78, 5) is 15.7. The first-order chi connectivity index (χ1) is 7.78. The Morgan fingerprint density at radius 1 is 1.35 bits per heavy atom. The molecule has 0 aliphatic heterocycles. The predicted molar refractivity (Wildman–Crippen MR) is 65.6 cm³/mol. The molecule has 0 saturated heterocycles. The maximum absolute atomic E-state index is 11.5. The van der Waals surface area contributed by atoms with E-state index in [4.69, 9.17) is 4.42 Å². The minimum atomic E-state index is -0.200. The van der Waals surface area contributed by atoms with Crippen molar-refractivity contribution in [1.29, 1.82) is 0 Å². The van der Waals surface area contributed by atoms with Gasteiger partial charge in [-0.1, -0.05) is 0 Å². The molecule has 2 N–H and O–H groups in total. The van der Waals surface area contributed by atoms with Gasteiger partial charge in [-0.25, -0.2) is 4.98 Å².